The molecule has 0 amide bonds. The summed E-state index contributed by atoms with van der Waals surface area (Å²) in [6.07, 6.45) is 1.33. The van der Waals surface area contributed by atoms with Crippen molar-refractivity contribution in [3.8, 4) is 22.6 Å². The number of rotatable bonds is 2. The van der Waals surface area contributed by atoms with Crippen LogP contribution >= 0.6 is 11.6 Å². The molecular weight excluding hydrogens is 266 g/mol. The first-order chi connectivity index (χ1) is 9.31. The van der Waals surface area contributed by atoms with Crippen molar-refractivity contribution in [1.29, 1.82) is 0 Å². The van der Waals surface area contributed by atoms with Gasteiger partial charge in [-0.1, -0.05) is 35.0 Å². The Morgan fingerprint density at radius 1 is 1.11 bits per heavy atom. The zero-order valence-corrected chi connectivity index (χ0v) is 10.6. The lowest BCUT2D eigenvalue weighted by atomic mass is 9.99. The van der Waals surface area contributed by atoms with Gasteiger partial charge in [0.15, 0.2) is 11.5 Å². The van der Waals surface area contributed by atoms with E-state index in [2.05, 4.69) is 5.16 Å². The molecule has 0 saturated carbocycles. The average molecular weight is 276 g/mol. The Morgan fingerprint density at radius 3 is 2.74 bits per heavy atom. The molecule has 1 heterocycles. The summed E-state index contributed by atoms with van der Waals surface area (Å²) in [6, 6.07) is 11.1. The molecule has 0 fully saturated rings. The summed E-state index contributed by atoms with van der Waals surface area (Å²) in [5, 5.41) is 12.5. The maximum Gasteiger partial charge on any atom is 0.231 e. The van der Waals surface area contributed by atoms with Gasteiger partial charge in [0.1, 0.15) is 0 Å². The van der Waals surface area contributed by atoms with Gasteiger partial charge in [0.2, 0.25) is 6.79 Å². The number of nitrogens with zero attached hydrogens (tertiary/aromatic N) is 1. The van der Waals surface area contributed by atoms with Gasteiger partial charge in [-0.2, -0.15) is 0 Å². The molecule has 0 aliphatic carbocycles. The Bertz CT molecular complexity index is 655. The van der Waals surface area contributed by atoms with Crippen molar-refractivity contribution in [1.82, 2.24) is 0 Å². The third-order valence-corrected chi connectivity index (χ3v) is 3.26. The summed E-state index contributed by atoms with van der Waals surface area (Å²) in [6.45, 7) is 0.160. The summed E-state index contributed by atoms with van der Waals surface area (Å²) in [5.74, 6) is 1.20. The van der Waals surface area contributed by atoms with Gasteiger partial charge in [-0.05, 0) is 23.8 Å². The van der Waals surface area contributed by atoms with Crippen LogP contribution in [0.1, 0.15) is 5.56 Å². The molecule has 1 aliphatic rings. The molecule has 0 bridgehead atoms. The first kappa shape index (κ1) is 11.9. The monoisotopic (exact) mass is 275 g/mol. The topological polar surface area (TPSA) is 51.1 Å². The molecule has 2 aromatic carbocycles. The third-order valence-electron chi connectivity index (χ3n) is 2.93. The van der Waals surface area contributed by atoms with Crippen molar-refractivity contribution in [3.63, 3.8) is 0 Å². The maximum absolute atomic E-state index is 8.83. The van der Waals surface area contributed by atoms with E-state index in [4.69, 9.17) is 26.3 Å². The van der Waals surface area contributed by atoms with Crippen LogP contribution in [0.5, 0.6) is 11.5 Å². The lowest BCUT2D eigenvalue weighted by molar-refractivity contribution is 0.174. The highest BCUT2D eigenvalue weighted by atomic mass is 35.5. The molecule has 0 aromatic heterocycles. The van der Waals surface area contributed by atoms with E-state index < -0.39 is 0 Å². The first-order valence-electron chi connectivity index (χ1n) is 5.66. The van der Waals surface area contributed by atoms with Gasteiger partial charge < -0.3 is 14.7 Å². The molecule has 0 saturated heterocycles. The van der Waals surface area contributed by atoms with Gasteiger partial charge in [0.25, 0.3) is 0 Å². The minimum atomic E-state index is 0.160. The summed E-state index contributed by atoms with van der Waals surface area (Å²) in [5.41, 5.74) is 2.32. The van der Waals surface area contributed by atoms with Crippen LogP contribution in [0.25, 0.3) is 11.1 Å². The van der Waals surface area contributed by atoms with Crippen LogP contribution < -0.4 is 9.47 Å². The molecule has 96 valence electrons. The summed E-state index contributed by atoms with van der Waals surface area (Å²) in [7, 11) is 0. The quantitative estimate of drug-likeness (QED) is 0.518. The van der Waals surface area contributed by atoms with E-state index in [-0.39, 0.29) is 6.79 Å². The lowest BCUT2D eigenvalue weighted by Gasteiger charge is -2.10. The number of fused-ring (bicyclic) bond motifs is 1. The number of hydrogen-bond acceptors (Lipinski definition) is 4. The SMILES string of the molecule is ON=Cc1c(-c2ccccc2Cl)ccc2c1OCO2. The van der Waals surface area contributed by atoms with Gasteiger partial charge in [0.05, 0.1) is 11.8 Å². The standard InChI is InChI=1S/C14H10ClNO3/c15-12-4-2-1-3-10(12)9-5-6-13-14(19-8-18-13)11(9)7-16-17/h1-7,17H,8H2. The molecule has 0 radical (unpaired) electrons. The van der Waals surface area contributed by atoms with Crippen molar-refractivity contribution >= 4 is 17.8 Å². The van der Waals surface area contributed by atoms with E-state index in [9.17, 15) is 0 Å². The number of ether oxygens (including phenoxy) is 2. The predicted octanol–water partition coefficient (Wildman–Crippen LogP) is 3.54. The van der Waals surface area contributed by atoms with Gasteiger partial charge >= 0.3 is 0 Å². The Morgan fingerprint density at radius 2 is 1.95 bits per heavy atom. The molecule has 0 spiro atoms. The molecule has 4 nitrogen and oxygen atoms in total. The van der Waals surface area contributed by atoms with Crippen LogP contribution in [0.15, 0.2) is 41.6 Å². The van der Waals surface area contributed by atoms with Crippen molar-refractivity contribution < 1.29 is 14.7 Å². The Balaban J connectivity index is 2.25. The fourth-order valence-electron chi connectivity index (χ4n) is 2.09. The van der Waals surface area contributed by atoms with Crippen LogP contribution in [0, 0.1) is 0 Å². The zero-order valence-electron chi connectivity index (χ0n) is 9.84. The molecule has 2 aromatic rings. The molecular formula is C14H10ClNO3. The number of benzene rings is 2. The van der Waals surface area contributed by atoms with Crippen LogP contribution in [-0.2, 0) is 0 Å². The summed E-state index contributed by atoms with van der Waals surface area (Å²) >= 11 is 6.20. The summed E-state index contributed by atoms with van der Waals surface area (Å²) < 4.78 is 10.7. The van der Waals surface area contributed by atoms with Crippen molar-refractivity contribution in [3.05, 3.63) is 47.0 Å². The van der Waals surface area contributed by atoms with E-state index in [0.29, 0.717) is 22.1 Å². The third kappa shape index (κ3) is 2.00. The Kier molecular flexibility index (Phi) is 3.01. The lowest BCUT2D eigenvalue weighted by Crippen LogP contribution is -1.95. The molecule has 0 unspecified atom stereocenters. The molecule has 3 rings (SSSR count). The fourth-order valence-corrected chi connectivity index (χ4v) is 2.33. The Hall–Kier alpha value is -2.20. The predicted molar refractivity (Wildman–Crippen MR) is 72.4 cm³/mol. The van der Waals surface area contributed by atoms with E-state index in [1.54, 1.807) is 6.07 Å². The zero-order chi connectivity index (χ0) is 13.2. The van der Waals surface area contributed by atoms with E-state index in [0.717, 1.165) is 11.1 Å². The Labute approximate surface area is 114 Å². The summed E-state index contributed by atoms with van der Waals surface area (Å²) in [4.78, 5) is 0. The fraction of sp³-hybridized carbons (Fsp3) is 0.0714. The van der Waals surface area contributed by atoms with Crippen molar-refractivity contribution in [2.75, 3.05) is 6.79 Å². The van der Waals surface area contributed by atoms with E-state index >= 15 is 0 Å². The van der Waals surface area contributed by atoms with Crippen molar-refractivity contribution in [2.24, 2.45) is 5.16 Å². The van der Waals surface area contributed by atoms with Crippen LogP contribution in [-0.4, -0.2) is 18.2 Å². The maximum atomic E-state index is 8.83. The van der Waals surface area contributed by atoms with Gasteiger partial charge in [-0.3, -0.25) is 0 Å². The van der Waals surface area contributed by atoms with Crippen LogP contribution in [0.2, 0.25) is 5.02 Å². The average Bonchev–Trinajstić information content (AvgIpc) is 2.89. The first-order valence-corrected chi connectivity index (χ1v) is 6.04. The minimum absolute atomic E-state index is 0.160. The van der Waals surface area contributed by atoms with Gasteiger partial charge in [0, 0.05) is 10.6 Å². The second-order valence-corrected chi connectivity index (χ2v) is 4.39. The van der Waals surface area contributed by atoms with Crippen LogP contribution in [0.4, 0.5) is 0 Å². The normalized spacial score (nSPS) is 13.1. The smallest absolute Gasteiger partial charge is 0.231 e. The molecule has 5 heteroatoms. The number of halogens is 1. The van der Waals surface area contributed by atoms with Gasteiger partial charge in [-0.15, -0.1) is 0 Å². The highest BCUT2D eigenvalue weighted by Gasteiger charge is 2.21. The molecule has 19 heavy (non-hydrogen) atoms. The van der Waals surface area contributed by atoms with Gasteiger partial charge in [-0.25, -0.2) is 0 Å². The van der Waals surface area contributed by atoms with E-state index in [1.165, 1.54) is 6.21 Å². The molecule has 1 N–H and O–H groups in total. The molecule has 1 aliphatic heterocycles. The minimum Gasteiger partial charge on any atom is -0.454 e. The largest absolute Gasteiger partial charge is 0.454 e. The second kappa shape index (κ2) is 4.82. The number of hydrogen-bond donors (Lipinski definition) is 1. The highest BCUT2D eigenvalue weighted by molar-refractivity contribution is 6.33. The van der Waals surface area contributed by atoms with Crippen LogP contribution in [0.3, 0.4) is 0 Å². The number of oxime groups is 1. The molecule has 0 atom stereocenters. The van der Waals surface area contributed by atoms with Crippen molar-refractivity contribution in [2.45, 2.75) is 0 Å². The van der Waals surface area contributed by atoms with E-state index in [1.807, 2.05) is 30.3 Å². The second-order valence-electron chi connectivity index (χ2n) is 3.99. The highest BCUT2D eigenvalue weighted by Crippen LogP contribution is 2.41.